The summed E-state index contributed by atoms with van der Waals surface area (Å²) < 4.78 is 5.13. The predicted molar refractivity (Wildman–Crippen MR) is 73.3 cm³/mol. The molecule has 0 unspecified atom stereocenters. The highest BCUT2D eigenvalue weighted by atomic mass is 16.6. The summed E-state index contributed by atoms with van der Waals surface area (Å²) in [5.74, 6) is 0.0932. The van der Waals surface area contributed by atoms with E-state index >= 15 is 0 Å². The Hall–Kier alpha value is -1.75. The van der Waals surface area contributed by atoms with Crippen LogP contribution in [0.3, 0.4) is 0 Å². The maximum absolute atomic E-state index is 11.6. The summed E-state index contributed by atoms with van der Waals surface area (Å²) in [5.41, 5.74) is 0.523. The smallest absolute Gasteiger partial charge is 0.412 e. The van der Waals surface area contributed by atoms with Gasteiger partial charge in [-0.25, -0.2) is 4.79 Å². The van der Waals surface area contributed by atoms with Gasteiger partial charge in [0.05, 0.1) is 6.10 Å². The molecule has 1 amide bonds. The Kier molecular flexibility index (Phi) is 4.78. The molecule has 1 aromatic rings. The van der Waals surface area contributed by atoms with Crippen molar-refractivity contribution in [3.8, 4) is 5.75 Å². The first kappa shape index (κ1) is 15.3. The van der Waals surface area contributed by atoms with Gasteiger partial charge in [0.2, 0.25) is 0 Å². The van der Waals surface area contributed by atoms with Crippen molar-refractivity contribution in [1.82, 2.24) is 0 Å². The van der Waals surface area contributed by atoms with Crippen molar-refractivity contribution < 1.29 is 19.7 Å². The van der Waals surface area contributed by atoms with Crippen molar-refractivity contribution in [2.45, 2.75) is 45.8 Å². The molecule has 0 spiro atoms. The lowest BCUT2D eigenvalue weighted by atomic mass is 10.1. The average Bonchev–Trinajstić information content (AvgIpc) is 2.19. The predicted octanol–water partition coefficient (Wildman–Crippen LogP) is 2.66. The summed E-state index contributed by atoms with van der Waals surface area (Å²) in [4.78, 5) is 11.6. The number of phenolic OH excluding ortho intramolecular Hbond substituents is 1. The summed E-state index contributed by atoms with van der Waals surface area (Å²) >= 11 is 0. The molecule has 106 valence electrons. The van der Waals surface area contributed by atoms with Crippen LogP contribution >= 0.6 is 0 Å². The minimum Gasteiger partial charge on any atom is -0.508 e. The standard InChI is InChI=1S/C14H21NO4/c1-9(16)7-10-8-11(5-6-12(10)17)15-13(18)19-14(2,3)4/h5-6,8-9,16-17H,7H2,1-4H3,(H,15,18)/t9-/m0/s1. The molecule has 0 heterocycles. The average molecular weight is 267 g/mol. The van der Waals surface area contributed by atoms with Crippen molar-refractivity contribution in [3.63, 3.8) is 0 Å². The normalized spacial score (nSPS) is 12.9. The Morgan fingerprint density at radius 3 is 2.58 bits per heavy atom. The molecule has 19 heavy (non-hydrogen) atoms. The van der Waals surface area contributed by atoms with E-state index < -0.39 is 17.8 Å². The Labute approximate surface area is 113 Å². The van der Waals surface area contributed by atoms with Gasteiger partial charge in [-0.1, -0.05) is 0 Å². The molecule has 0 bridgehead atoms. The zero-order chi connectivity index (χ0) is 14.6. The molecule has 0 aromatic heterocycles. The van der Waals surface area contributed by atoms with Gasteiger partial charge in [-0.3, -0.25) is 5.32 Å². The number of phenols is 1. The molecule has 0 aliphatic rings. The van der Waals surface area contributed by atoms with Crippen LogP contribution in [-0.4, -0.2) is 28.0 Å². The highest BCUT2D eigenvalue weighted by Crippen LogP contribution is 2.23. The molecular formula is C14H21NO4. The SMILES string of the molecule is C[C@H](O)Cc1cc(NC(=O)OC(C)(C)C)ccc1O. The summed E-state index contributed by atoms with van der Waals surface area (Å²) in [7, 11) is 0. The van der Waals surface area contributed by atoms with Gasteiger partial charge >= 0.3 is 6.09 Å². The van der Waals surface area contributed by atoms with Gasteiger partial charge in [-0.15, -0.1) is 0 Å². The molecule has 5 heteroatoms. The monoisotopic (exact) mass is 267 g/mol. The molecule has 1 atom stereocenters. The third kappa shape index (κ3) is 5.61. The zero-order valence-electron chi connectivity index (χ0n) is 11.7. The van der Waals surface area contributed by atoms with Crippen molar-refractivity contribution in [1.29, 1.82) is 0 Å². The number of aliphatic hydroxyl groups is 1. The Morgan fingerprint density at radius 1 is 1.42 bits per heavy atom. The molecule has 0 saturated carbocycles. The molecule has 0 radical (unpaired) electrons. The third-order valence-electron chi connectivity index (χ3n) is 2.24. The largest absolute Gasteiger partial charge is 0.508 e. The second-order valence-corrected chi connectivity index (χ2v) is 5.52. The number of aliphatic hydroxyl groups excluding tert-OH is 1. The van der Waals surface area contributed by atoms with E-state index in [4.69, 9.17) is 4.74 Å². The van der Waals surface area contributed by atoms with E-state index in [0.717, 1.165) is 0 Å². The fourth-order valence-electron chi connectivity index (χ4n) is 1.57. The molecular weight excluding hydrogens is 246 g/mol. The summed E-state index contributed by atoms with van der Waals surface area (Å²) in [5, 5.41) is 21.6. The Bertz CT molecular complexity index is 449. The van der Waals surface area contributed by atoms with Crippen LogP contribution in [0.15, 0.2) is 18.2 Å². The van der Waals surface area contributed by atoms with E-state index in [1.54, 1.807) is 39.8 Å². The first-order valence-electron chi connectivity index (χ1n) is 6.17. The maximum Gasteiger partial charge on any atom is 0.412 e. The number of rotatable bonds is 3. The fourth-order valence-corrected chi connectivity index (χ4v) is 1.57. The minimum atomic E-state index is -0.567. The fraction of sp³-hybridized carbons (Fsp3) is 0.500. The third-order valence-corrected chi connectivity index (χ3v) is 2.24. The van der Waals surface area contributed by atoms with E-state index in [1.807, 2.05) is 0 Å². The minimum absolute atomic E-state index is 0.0932. The highest BCUT2D eigenvalue weighted by Gasteiger charge is 2.16. The van der Waals surface area contributed by atoms with Crippen LogP contribution in [-0.2, 0) is 11.2 Å². The lowest BCUT2D eigenvalue weighted by Gasteiger charge is -2.20. The van der Waals surface area contributed by atoms with Gasteiger partial charge < -0.3 is 14.9 Å². The zero-order valence-corrected chi connectivity index (χ0v) is 11.7. The van der Waals surface area contributed by atoms with Gasteiger partial charge in [0.1, 0.15) is 11.4 Å². The number of carbonyl (C=O) groups excluding carboxylic acids is 1. The van der Waals surface area contributed by atoms with E-state index in [1.165, 1.54) is 6.07 Å². The number of ether oxygens (including phenoxy) is 1. The van der Waals surface area contributed by atoms with Gasteiger partial charge in [-0.05, 0) is 51.5 Å². The van der Waals surface area contributed by atoms with Gasteiger partial charge in [0, 0.05) is 12.1 Å². The Balaban J connectivity index is 2.77. The van der Waals surface area contributed by atoms with Crippen molar-refractivity contribution in [2.75, 3.05) is 5.32 Å². The molecule has 0 fully saturated rings. The van der Waals surface area contributed by atoms with Gasteiger partial charge in [-0.2, -0.15) is 0 Å². The summed E-state index contributed by atoms with van der Waals surface area (Å²) in [6.45, 7) is 6.97. The lowest BCUT2D eigenvalue weighted by Crippen LogP contribution is -2.27. The number of aromatic hydroxyl groups is 1. The molecule has 0 aliphatic carbocycles. The number of benzene rings is 1. The molecule has 3 N–H and O–H groups in total. The topological polar surface area (TPSA) is 78.8 Å². The van der Waals surface area contributed by atoms with Crippen LogP contribution in [0, 0.1) is 0 Å². The van der Waals surface area contributed by atoms with E-state index in [0.29, 0.717) is 17.7 Å². The molecule has 5 nitrogen and oxygen atoms in total. The van der Waals surface area contributed by atoms with Gasteiger partial charge in [0.15, 0.2) is 0 Å². The number of carbonyl (C=O) groups is 1. The van der Waals surface area contributed by atoms with E-state index in [-0.39, 0.29) is 5.75 Å². The number of nitrogens with one attached hydrogen (secondary N) is 1. The molecule has 0 aliphatic heterocycles. The van der Waals surface area contributed by atoms with Crippen molar-refractivity contribution >= 4 is 11.8 Å². The van der Waals surface area contributed by atoms with Crippen molar-refractivity contribution in [2.24, 2.45) is 0 Å². The van der Waals surface area contributed by atoms with Crippen molar-refractivity contribution in [3.05, 3.63) is 23.8 Å². The molecule has 1 aromatic carbocycles. The van der Waals surface area contributed by atoms with E-state index in [9.17, 15) is 15.0 Å². The first-order valence-corrected chi connectivity index (χ1v) is 6.17. The molecule has 0 saturated heterocycles. The van der Waals surface area contributed by atoms with Crippen LogP contribution in [0.2, 0.25) is 0 Å². The van der Waals surface area contributed by atoms with Crippen LogP contribution in [0.25, 0.3) is 0 Å². The number of hydrogen-bond acceptors (Lipinski definition) is 4. The second kappa shape index (κ2) is 5.93. The molecule has 1 rings (SSSR count). The van der Waals surface area contributed by atoms with Crippen LogP contribution in [0.5, 0.6) is 5.75 Å². The highest BCUT2D eigenvalue weighted by molar-refractivity contribution is 5.85. The van der Waals surface area contributed by atoms with Crippen LogP contribution in [0.1, 0.15) is 33.3 Å². The summed E-state index contributed by atoms with van der Waals surface area (Å²) in [6.07, 6.45) is -0.806. The van der Waals surface area contributed by atoms with Crippen LogP contribution in [0.4, 0.5) is 10.5 Å². The number of amides is 1. The van der Waals surface area contributed by atoms with Gasteiger partial charge in [0.25, 0.3) is 0 Å². The number of anilines is 1. The first-order chi connectivity index (χ1) is 8.67. The van der Waals surface area contributed by atoms with Crippen LogP contribution < -0.4 is 5.32 Å². The maximum atomic E-state index is 11.6. The number of hydrogen-bond donors (Lipinski definition) is 3. The van der Waals surface area contributed by atoms with E-state index in [2.05, 4.69) is 5.32 Å². The lowest BCUT2D eigenvalue weighted by molar-refractivity contribution is 0.0636. The second-order valence-electron chi connectivity index (χ2n) is 5.52. The summed E-state index contributed by atoms with van der Waals surface area (Å²) in [6, 6.07) is 4.67. The quantitative estimate of drug-likeness (QED) is 0.736. The Morgan fingerprint density at radius 2 is 2.05 bits per heavy atom.